The maximum Gasteiger partial charge on any atom is 0.239 e. The number of hydrogen-bond acceptors (Lipinski definition) is 3. The zero-order valence-corrected chi connectivity index (χ0v) is 10.3. The molecule has 0 saturated carbocycles. The van der Waals surface area contributed by atoms with E-state index < -0.39 is 6.04 Å². The van der Waals surface area contributed by atoms with Crippen LogP contribution in [0.5, 0.6) is 0 Å². The quantitative estimate of drug-likeness (QED) is 0.849. The Morgan fingerprint density at radius 2 is 2.27 bits per heavy atom. The fourth-order valence-corrected chi connectivity index (χ4v) is 1.93. The van der Waals surface area contributed by atoms with E-state index >= 15 is 0 Å². The molecule has 3 nitrogen and oxygen atoms in total. The number of hydrogen-bond donors (Lipinski definition) is 1. The minimum atomic E-state index is -0.395. The molecule has 1 rings (SSSR count). The molecule has 15 heavy (non-hydrogen) atoms. The third-order valence-electron chi connectivity index (χ3n) is 2.38. The minimum Gasteiger partial charge on any atom is -0.340 e. The van der Waals surface area contributed by atoms with Crippen LogP contribution in [-0.2, 0) is 11.3 Å². The lowest BCUT2D eigenvalue weighted by atomic mass is 10.0. The van der Waals surface area contributed by atoms with Crippen molar-refractivity contribution >= 4 is 17.2 Å². The van der Waals surface area contributed by atoms with Crippen molar-refractivity contribution in [1.82, 2.24) is 4.90 Å². The zero-order chi connectivity index (χ0) is 11.4. The van der Waals surface area contributed by atoms with E-state index in [2.05, 4.69) is 0 Å². The molecule has 1 atom stereocenters. The molecule has 2 N–H and O–H groups in total. The predicted molar refractivity (Wildman–Crippen MR) is 63.6 cm³/mol. The molecular weight excluding hydrogens is 208 g/mol. The standard InChI is InChI=1S/C11H18N2OS/c1-8(2)10(12)11(14)13(3)6-9-4-5-15-7-9/h4-5,7-8,10H,6,12H2,1-3H3/t10-/m1/s1. The van der Waals surface area contributed by atoms with Gasteiger partial charge in [0.2, 0.25) is 5.91 Å². The van der Waals surface area contributed by atoms with Crippen LogP contribution in [0.1, 0.15) is 19.4 Å². The summed E-state index contributed by atoms with van der Waals surface area (Å²) in [5, 5.41) is 4.06. The molecule has 84 valence electrons. The first-order valence-corrected chi connectivity index (χ1v) is 5.98. The molecule has 1 aromatic rings. The lowest BCUT2D eigenvalue weighted by Crippen LogP contribution is -2.44. The average molecular weight is 226 g/mol. The van der Waals surface area contributed by atoms with E-state index in [1.807, 2.05) is 30.7 Å². The number of rotatable bonds is 4. The Morgan fingerprint density at radius 3 is 2.73 bits per heavy atom. The van der Waals surface area contributed by atoms with Crippen LogP contribution in [0.2, 0.25) is 0 Å². The van der Waals surface area contributed by atoms with Gasteiger partial charge in [-0.05, 0) is 28.3 Å². The number of carbonyl (C=O) groups is 1. The van der Waals surface area contributed by atoms with E-state index in [0.717, 1.165) is 5.56 Å². The van der Waals surface area contributed by atoms with E-state index in [-0.39, 0.29) is 11.8 Å². The van der Waals surface area contributed by atoms with Gasteiger partial charge in [0.05, 0.1) is 6.04 Å². The Bertz CT molecular complexity index is 308. The molecule has 0 fully saturated rings. The Labute approximate surface area is 94.9 Å². The van der Waals surface area contributed by atoms with Gasteiger partial charge in [0.1, 0.15) is 0 Å². The van der Waals surface area contributed by atoms with E-state index in [4.69, 9.17) is 5.73 Å². The van der Waals surface area contributed by atoms with Gasteiger partial charge in [-0.1, -0.05) is 13.8 Å². The Balaban J connectivity index is 2.54. The van der Waals surface area contributed by atoms with Crippen LogP contribution in [-0.4, -0.2) is 23.9 Å². The molecule has 0 spiro atoms. The maximum atomic E-state index is 11.8. The normalized spacial score (nSPS) is 12.9. The fraction of sp³-hybridized carbons (Fsp3) is 0.545. The van der Waals surface area contributed by atoms with Crippen LogP contribution < -0.4 is 5.73 Å². The first-order chi connectivity index (χ1) is 7.02. The molecule has 0 bridgehead atoms. The average Bonchev–Trinajstić information content (AvgIpc) is 2.67. The SMILES string of the molecule is CC(C)[C@@H](N)C(=O)N(C)Cc1ccsc1. The number of carbonyl (C=O) groups excluding carboxylic acids is 1. The molecule has 1 aromatic heterocycles. The maximum absolute atomic E-state index is 11.8. The van der Waals surface area contributed by atoms with Crippen LogP contribution >= 0.6 is 11.3 Å². The van der Waals surface area contributed by atoms with Gasteiger partial charge in [0.15, 0.2) is 0 Å². The lowest BCUT2D eigenvalue weighted by Gasteiger charge is -2.23. The summed E-state index contributed by atoms with van der Waals surface area (Å²) in [6.45, 7) is 4.56. The second kappa shape index (κ2) is 5.28. The molecule has 4 heteroatoms. The van der Waals surface area contributed by atoms with Crippen LogP contribution in [0.3, 0.4) is 0 Å². The number of thiophene rings is 1. The van der Waals surface area contributed by atoms with Crippen molar-refractivity contribution in [3.8, 4) is 0 Å². The van der Waals surface area contributed by atoms with Gasteiger partial charge in [-0.2, -0.15) is 11.3 Å². The van der Waals surface area contributed by atoms with Crippen molar-refractivity contribution in [2.45, 2.75) is 26.4 Å². The summed E-state index contributed by atoms with van der Waals surface area (Å²) in [7, 11) is 1.79. The predicted octanol–water partition coefficient (Wildman–Crippen LogP) is 1.69. The van der Waals surface area contributed by atoms with Crippen LogP contribution in [0, 0.1) is 5.92 Å². The first kappa shape index (κ1) is 12.2. The van der Waals surface area contributed by atoms with E-state index in [9.17, 15) is 4.79 Å². The summed E-state index contributed by atoms with van der Waals surface area (Å²) in [5.41, 5.74) is 6.96. The second-order valence-corrected chi connectivity index (χ2v) is 4.88. The molecule has 0 aliphatic heterocycles. The molecular formula is C11H18N2OS. The third-order valence-corrected chi connectivity index (χ3v) is 3.11. The Morgan fingerprint density at radius 1 is 1.60 bits per heavy atom. The molecule has 0 aromatic carbocycles. The van der Waals surface area contributed by atoms with Gasteiger partial charge in [-0.15, -0.1) is 0 Å². The van der Waals surface area contributed by atoms with Crippen molar-refractivity contribution in [2.24, 2.45) is 11.7 Å². The van der Waals surface area contributed by atoms with E-state index in [0.29, 0.717) is 6.54 Å². The first-order valence-electron chi connectivity index (χ1n) is 5.04. The summed E-state index contributed by atoms with van der Waals surface area (Å²) < 4.78 is 0. The highest BCUT2D eigenvalue weighted by atomic mass is 32.1. The summed E-state index contributed by atoms with van der Waals surface area (Å²) in [5.74, 6) is 0.193. The van der Waals surface area contributed by atoms with Crippen molar-refractivity contribution in [3.05, 3.63) is 22.4 Å². The fourth-order valence-electron chi connectivity index (χ4n) is 1.27. The topological polar surface area (TPSA) is 46.3 Å². The van der Waals surface area contributed by atoms with Gasteiger partial charge in [0.25, 0.3) is 0 Å². The Hall–Kier alpha value is -0.870. The number of nitrogens with zero attached hydrogens (tertiary/aromatic N) is 1. The highest BCUT2D eigenvalue weighted by Gasteiger charge is 2.20. The molecule has 1 amide bonds. The zero-order valence-electron chi connectivity index (χ0n) is 9.43. The minimum absolute atomic E-state index is 0.0104. The van der Waals surface area contributed by atoms with Gasteiger partial charge < -0.3 is 10.6 Å². The summed E-state index contributed by atoms with van der Waals surface area (Å²) in [6.07, 6.45) is 0. The van der Waals surface area contributed by atoms with Crippen LogP contribution in [0.4, 0.5) is 0 Å². The van der Waals surface area contributed by atoms with Crippen LogP contribution in [0.15, 0.2) is 16.8 Å². The van der Waals surface area contributed by atoms with Crippen molar-refractivity contribution < 1.29 is 4.79 Å². The summed E-state index contributed by atoms with van der Waals surface area (Å²) in [6, 6.07) is 1.63. The van der Waals surface area contributed by atoms with Crippen molar-refractivity contribution in [2.75, 3.05) is 7.05 Å². The van der Waals surface area contributed by atoms with Crippen LogP contribution in [0.25, 0.3) is 0 Å². The molecule has 1 heterocycles. The smallest absolute Gasteiger partial charge is 0.239 e. The van der Waals surface area contributed by atoms with Gasteiger partial charge >= 0.3 is 0 Å². The van der Waals surface area contributed by atoms with Gasteiger partial charge in [0, 0.05) is 13.6 Å². The van der Waals surface area contributed by atoms with Gasteiger partial charge in [-0.3, -0.25) is 4.79 Å². The molecule has 0 unspecified atom stereocenters. The highest BCUT2D eigenvalue weighted by molar-refractivity contribution is 7.07. The molecule has 0 aliphatic rings. The highest BCUT2D eigenvalue weighted by Crippen LogP contribution is 2.10. The molecule has 0 aliphatic carbocycles. The largest absolute Gasteiger partial charge is 0.340 e. The Kier molecular flexibility index (Phi) is 4.29. The molecule has 0 radical (unpaired) electrons. The van der Waals surface area contributed by atoms with E-state index in [1.165, 1.54) is 0 Å². The number of amides is 1. The number of nitrogens with two attached hydrogens (primary N) is 1. The van der Waals surface area contributed by atoms with Crippen molar-refractivity contribution in [1.29, 1.82) is 0 Å². The van der Waals surface area contributed by atoms with Gasteiger partial charge in [-0.25, -0.2) is 0 Å². The summed E-state index contributed by atoms with van der Waals surface area (Å²) in [4.78, 5) is 13.5. The summed E-state index contributed by atoms with van der Waals surface area (Å²) >= 11 is 1.64. The monoisotopic (exact) mass is 226 g/mol. The third kappa shape index (κ3) is 3.32. The lowest BCUT2D eigenvalue weighted by molar-refractivity contribution is -0.132. The van der Waals surface area contributed by atoms with E-state index in [1.54, 1.807) is 23.3 Å². The second-order valence-electron chi connectivity index (χ2n) is 4.10. The van der Waals surface area contributed by atoms with Crippen molar-refractivity contribution in [3.63, 3.8) is 0 Å². The number of likely N-dealkylation sites (N-methyl/N-ethyl adjacent to an activating group) is 1. The molecule has 0 saturated heterocycles.